The summed E-state index contributed by atoms with van der Waals surface area (Å²) in [5, 5.41) is -0.593. The number of halogens is 4. The first-order valence-electron chi connectivity index (χ1n) is 3.72. The van der Waals surface area contributed by atoms with Gasteiger partial charge in [0.05, 0.1) is 9.21 Å². The van der Waals surface area contributed by atoms with Crippen LogP contribution in [0.4, 0.5) is 4.39 Å². The Balaban J connectivity index is 2.55. The Kier molecular flexibility index (Phi) is 3.11. The molecule has 0 atom stereocenters. The highest BCUT2D eigenvalue weighted by atomic mass is 35.5. The quantitative estimate of drug-likeness (QED) is 0.729. The highest BCUT2D eigenvalue weighted by molar-refractivity contribution is 7.19. The molecule has 0 spiro atoms. The number of hydrogen-bond acceptors (Lipinski definition) is 3. The molecule has 0 unspecified atom stereocenters. The first-order valence-corrected chi connectivity index (χ1v) is 5.67. The normalized spacial score (nSPS) is 10.7. The lowest BCUT2D eigenvalue weighted by atomic mass is 10.4. The molecule has 0 amide bonds. The first-order chi connectivity index (χ1) is 7.08. The topological polar surface area (TPSA) is 25.8 Å². The van der Waals surface area contributed by atoms with E-state index in [1.165, 1.54) is 11.3 Å². The van der Waals surface area contributed by atoms with E-state index in [2.05, 4.69) is 9.97 Å². The number of nitrogens with zero attached hydrogens (tertiary/aromatic N) is 2. The molecule has 0 aliphatic carbocycles. The van der Waals surface area contributed by atoms with Gasteiger partial charge in [-0.05, 0) is 12.1 Å². The summed E-state index contributed by atoms with van der Waals surface area (Å²) in [6, 6.07) is 3.41. The average molecular weight is 284 g/mol. The predicted molar refractivity (Wildman–Crippen MR) is 60.3 cm³/mol. The largest absolute Gasteiger partial charge is 0.212 e. The molecule has 78 valence electrons. The number of rotatable bonds is 1. The van der Waals surface area contributed by atoms with Gasteiger partial charge in [-0.1, -0.05) is 34.8 Å². The van der Waals surface area contributed by atoms with Crippen LogP contribution in [0.5, 0.6) is 0 Å². The Morgan fingerprint density at radius 1 is 1.07 bits per heavy atom. The minimum atomic E-state index is -0.815. The van der Waals surface area contributed by atoms with E-state index in [1.54, 1.807) is 12.1 Å². The number of aromatic nitrogens is 2. The van der Waals surface area contributed by atoms with Crippen LogP contribution in [0, 0.1) is 5.82 Å². The lowest BCUT2D eigenvalue weighted by Gasteiger charge is -1.99. The van der Waals surface area contributed by atoms with Gasteiger partial charge < -0.3 is 0 Å². The SMILES string of the molecule is Fc1c(Cl)nc(-c2ccc(Cl)s2)nc1Cl. The van der Waals surface area contributed by atoms with Gasteiger partial charge in [0.25, 0.3) is 0 Å². The Hall–Kier alpha value is -0.420. The van der Waals surface area contributed by atoms with E-state index in [1.807, 2.05) is 0 Å². The summed E-state index contributed by atoms with van der Waals surface area (Å²) in [4.78, 5) is 8.21. The molecule has 0 fully saturated rings. The Labute approximate surface area is 104 Å². The van der Waals surface area contributed by atoms with Gasteiger partial charge in [-0.25, -0.2) is 14.4 Å². The summed E-state index contributed by atoms with van der Waals surface area (Å²) in [6.45, 7) is 0. The molecule has 0 N–H and O–H groups in total. The van der Waals surface area contributed by atoms with E-state index in [0.717, 1.165) is 0 Å². The zero-order valence-corrected chi connectivity index (χ0v) is 10.1. The molecule has 2 aromatic heterocycles. The summed E-state index contributed by atoms with van der Waals surface area (Å²) in [5.74, 6) is -0.548. The lowest BCUT2D eigenvalue weighted by Crippen LogP contribution is -1.92. The molecule has 0 radical (unpaired) electrons. The molecule has 2 rings (SSSR count). The lowest BCUT2D eigenvalue weighted by molar-refractivity contribution is 0.615. The van der Waals surface area contributed by atoms with Crippen molar-refractivity contribution in [1.29, 1.82) is 0 Å². The zero-order chi connectivity index (χ0) is 11.0. The second-order valence-electron chi connectivity index (χ2n) is 2.55. The van der Waals surface area contributed by atoms with Crippen LogP contribution in [0.2, 0.25) is 14.6 Å². The van der Waals surface area contributed by atoms with Crippen molar-refractivity contribution in [3.8, 4) is 10.7 Å². The second kappa shape index (κ2) is 4.22. The molecule has 7 heteroatoms. The van der Waals surface area contributed by atoms with Crippen molar-refractivity contribution >= 4 is 46.1 Å². The van der Waals surface area contributed by atoms with Crippen LogP contribution in [0.3, 0.4) is 0 Å². The summed E-state index contributed by atoms with van der Waals surface area (Å²) in [5.41, 5.74) is 0. The maximum Gasteiger partial charge on any atom is 0.197 e. The summed E-state index contributed by atoms with van der Waals surface area (Å²) in [6.07, 6.45) is 0. The van der Waals surface area contributed by atoms with Crippen LogP contribution in [0.1, 0.15) is 0 Å². The minimum absolute atomic E-state index is 0.267. The highest BCUT2D eigenvalue weighted by Crippen LogP contribution is 2.31. The van der Waals surface area contributed by atoms with Gasteiger partial charge in [-0.2, -0.15) is 0 Å². The number of hydrogen-bond donors (Lipinski definition) is 0. The standard InChI is InChI=1S/C8H2Cl3FN2S/c9-4-2-1-3(15-4)8-13-6(10)5(12)7(11)14-8/h1-2H. The monoisotopic (exact) mass is 282 g/mol. The van der Waals surface area contributed by atoms with Crippen molar-refractivity contribution in [2.24, 2.45) is 0 Å². The van der Waals surface area contributed by atoms with Crippen LogP contribution < -0.4 is 0 Å². The van der Waals surface area contributed by atoms with Crippen molar-refractivity contribution < 1.29 is 4.39 Å². The third-order valence-electron chi connectivity index (χ3n) is 1.56. The maximum atomic E-state index is 13.0. The van der Waals surface area contributed by atoms with Gasteiger partial charge >= 0.3 is 0 Å². The number of thiophene rings is 1. The molecule has 2 nitrogen and oxygen atoms in total. The smallest absolute Gasteiger partial charge is 0.197 e. The Bertz CT molecular complexity index is 491. The van der Waals surface area contributed by atoms with E-state index in [-0.39, 0.29) is 16.1 Å². The summed E-state index contributed by atoms with van der Waals surface area (Å²) in [7, 11) is 0. The van der Waals surface area contributed by atoms with Gasteiger partial charge in [0.2, 0.25) is 0 Å². The summed E-state index contributed by atoms with van der Waals surface area (Å²) >= 11 is 18.1. The van der Waals surface area contributed by atoms with E-state index < -0.39 is 5.82 Å². The van der Waals surface area contributed by atoms with Crippen molar-refractivity contribution in [3.05, 3.63) is 32.6 Å². The Morgan fingerprint density at radius 3 is 2.13 bits per heavy atom. The van der Waals surface area contributed by atoms with Crippen LogP contribution in [0.15, 0.2) is 12.1 Å². The van der Waals surface area contributed by atoms with Crippen LogP contribution in [-0.2, 0) is 0 Å². The van der Waals surface area contributed by atoms with E-state index in [9.17, 15) is 4.39 Å². The zero-order valence-electron chi connectivity index (χ0n) is 6.97. The van der Waals surface area contributed by atoms with Crippen molar-refractivity contribution in [3.63, 3.8) is 0 Å². The molecule has 2 heterocycles. The van der Waals surface area contributed by atoms with Crippen LogP contribution in [0.25, 0.3) is 10.7 Å². The fourth-order valence-corrected chi connectivity index (χ4v) is 2.30. The molecular formula is C8H2Cl3FN2S. The van der Waals surface area contributed by atoms with Gasteiger partial charge in [0.15, 0.2) is 21.9 Å². The first kappa shape index (κ1) is 11.1. The maximum absolute atomic E-state index is 13.0. The average Bonchev–Trinajstić information content (AvgIpc) is 2.60. The molecule has 2 aromatic rings. The molecule has 0 saturated carbocycles. The molecule has 0 aliphatic rings. The molecule has 0 bridgehead atoms. The third kappa shape index (κ3) is 2.23. The molecule has 0 saturated heterocycles. The molecular weight excluding hydrogens is 282 g/mol. The van der Waals surface area contributed by atoms with E-state index in [0.29, 0.717) is 9.21 Å². The Morgan fingerprint density at radius 2 is 1.67 bits per heavy atom. The predicted octanol–water partition coefficient (Wildman–Crippen LogP) is 4.30. The fourth-order valence-electron chi connectivity index (χ4n) is 0.939. The van der Waals surface area contributed by atoms with Gasteiger partial charge in [0, 0.05) is 0 Å². The van der Waals surface area contributed by atoms with Crippen molar-refractivity contribution in [2.75, 3.05) is 0 Å². The second-order valence-corrected chi connectivity index (χ2v) is 4.98. The molecule has 0 aliphatic heterocycles. The molecule has 15 heavy (non-hydrogen) atoms. The van der Waals surface area contributed by atoms with Crippen LogP contribution >= 0.6 is 46.1 Å². The summed E-state index contributed by atoms with van der Waals surface area (Å²) < 4.78 is 13.6. The van der Waals surface area contributed by atoms with Gasteiger partial charge in [0.1, 0.15) is 0 Å². The van der Waals surface area contributed by atoms with E-state index >= 15 is 0 Å². The third-order valence-corrected chi connectivity index (χ3v) is 3.29. The minimum Gasteiger partial charge on any atom is -0.212 e. The highest BCUT2D eigenvalue weighted by Gasteiger charge is 2.13. The molecule has 0 aromatic carbocycles. The van der Waals surface area contributed by atoms with Crippen molar-refractivity contribution in [1.82, 2.24) is 9.97 Å². The van der Waals surface area contributed by atoms with Crippen LogP contribution in [-0.4, -0.2) is 9.97 Å². The van der Waals surface area contributed by atoms with Gasteiger partial charge in [-0.15, -0.1) is 11.3 Å². The fraction of sp³-hybridized carbons (Fsp3) is 0. The van der Waals surface area contributed by atoms with Crippen molar-refractivity contribution in [2.45, 2.75) is 0 Å². The van der Waals surface area contributed by atoms with Gasteiger partial charge in [-0.3, -0.25) is 0 Å². The van der Waals surface area contributed by atoms with E-state index in [4.69, 9.17) is 34.8 Å².